The molecule has 5 unspecified atom stereocenters. The smallest absolute Gasteiger partial charge is 0.462 e. The fraction of sp³-hybridized carbons (Fsp3) is 0.952. The fourth-order valence-electron chi connectivity index (χ4n) is 12.9. The SMILES string of the molecule is CCC(C)CCCCCCCCCCCCCCCCCCCCC(=O)OC[C@H](COP(=O)(O)OC[C@@H](O)COP(=O)(O)OC[C@@H](COC(=O)CCCCCCCCC(C)CC)OC(=O)CCCCCCCCCCCCCCCCC(C)C)OC(=O)CCCCCCCCCCCCC(C)CC. The van der Waals surface area contributed by atoms with Gasteiger partial charge in [0, 0.05) is 25.7 Å². The molecule has 103 heavy (non-hydrogen) atoms. The van der Waals surface area contributed by atoms with Crippen LogP contribution < -0.4 is 0 Å². The van der Waals surface area contributed by atoms with Crippen molar-refractivity contribution in [3.05, 3.63) is 0 Å². The summed E-state index contributed by atoms with van der Waals surface area (Å²) in [5.74, 6) is 1.09. The van der Waals surface area contributed by atoms with E-state index < -0.39 is 97.5 Å². The quantitative estimate of drug-likeness (QED) is 0.0222. The lowest BCUT2D eigenvalue weighted by Gasteiger charge is -2.21. The Bertz CT molecular complexity index is 2010. The average molecular weight is 1510 g/mol. The molecule has 0 heterocycles. The largest absolute Gasteiger partial charge is 0.472 e. The lowest BCUT2D eigenvalue weighted by atomic mass is 9.99. The monoisotopic (exact) mass is 1510 g/mol. The molecule has 0 fully saturated rings. The Morgan fingerprint density at radius 1 is 0.272 bits per heavy atom. The Labute approximate surface area is 632 Å². The van der Waals surface area contributed by atoms with Gasteiger partial charge in [-0.05, 0) is 49.4 Å². The molecule has 0 saturated heterocycles. The fourth-order valence-corrected chi connectivity index (χ4v) is 14.4. The lowest BCUT2D eigenvalue weighted by molar-refractivity contribution is -0.161. The van der Waals surface area contributed by atoms with Gasteiger partial charge in [0.15, 0.2) is 12.2 Å². The van der Waals surface area contributed by atoms with Crippen molar-refractivity contribution in [2.24, 2.45) is 23.7 Å². The number of phosphoric ester groups is 2. The van der Waals surface area contributed by atoms with E-state index in [-0.39, 0.29) is 25.7 Å². The molecule has 0 aromatic heterocycles. The van der Waals surface area contributed by atoms with E-state index in [1.54, 1.807) is 0 Å². The minimum absolute atomic E-state index is 0.106. The molecule has 0 saturated carbocycles. The number of aliphatic hydroxyl groups is 1. The van der Waals surface area contributed by atoms with E-state index in [2.05, 4.69) is 55.4 Å². The van der Waals surface area contributed by atoms with Crippen LogP contribution in [0.3, 0.4) is 0 Å². The van der Waals surface area contributed by atoms with Gasteiger partial charge in [0.25, 0.3) is 0 Å². The summed E-state index contributed by atoms with van der Waals surface area (Å²) in [5.41, 5.74) is 0. The average Bonchev–Trinajstić information content (AvgIpc) is 0.933. The first-order chi connectivity index (χ1) is 49.7. The highest BCUT2D eigenvalue weighted by Crippen LogP contribution is 2.45. The van der Waals surface area contributed by atoms with E-state index in [0.29, 0.717) is 25.7 Å². The number of unbranched alkanes of at least 4 members (excludes halogenated alkanes) is 44. The Morgan fingerprint density at radius 2 is 0.466 bits per heavy atom. The minimum Gasteiger partial charge on any atom is -0.462 e. The van der Waals surface area contributed by atoms with Crippen molar-refractivity contribution in [1.82, 2.24) is 0 Å². The summed E-state index contributed by atoms with van der Waals surface area (Å²) >= 11 is 0. The van der Waals surface area contributed by atoms with Crippen LogP contribution in [-0.4, -0.2) is 96.7 Å². The minimum atomic E-state index is -4.96. The summed E-state index contributed by atoms with van der Waals surface area (Å²) in [6.45, 7) is 14.3. The molecule has 0 aliphatic rings. The van der Waals surface area contributed by atoms with Crippen LogP contribution >= 0.6 is 15.6 Å². The summed E-state index contributed by atoms with van der Waals surface area (Å²) in [7, 11) is -9.93. The highest BCUT2D eigenvalue weighted by atomic mass is 31.2. The molecule has 0 rings (SSSR count). The summed E-state index contributed by atoms with van der Waals surface area (Å²) < 4.78 is 68.8. The van der Waals surface area contributed by atoms with Crippen LogP contribution in [0.5, 0.6) is 0 Å². The Morgan fingerprint density at radius 3 is 0.689 bits per heavy atom. The van der Waals surface area contributed by atoms with Crippen molar-refractivity contribution in [3.8, 4) is 0 Å². The van der Waals surface area contributed by atoms with E-state index in [1.807, 2.05) is 0 Å². The van der Waals surface area contributed by atoms with Crippen molar-refractivity contribution in [2.75, 3.05) is 39.6 Å². The first-order valence-electron chi connectivity index (χ1n) is 43.3. The molecule has 0 aromatic carbocycles. The highest BCUT2D eigenvalue weighted by Gasteiger charge is 2.30. The first kappa shape index (κ1) is 101. The van der Waals surface area contributed by atoms with Gasteiger partial charge in [-0.1, -0.05) is 383 Å². The summed E-state index contributed by atoms with van der Waals surface area (Å²) in [6, 6.07) is 0. The zero-order valence-corrected chi connectivity index (χ0v) is 69.7. The Kier molecular flexibility index (Phi) is 71.5. The van der Waals surface area contributed by atoms with Gasteiger partial charge >= 0.3 is 39.5 Å². The number of rotatable bonds is 81. The van der Waals surface area contributed by atoms with Crippen molar-refractivity contribution in [3.63, 3.8) is 0 Å². The van der Waals surface area contributed by atoms with Crippen LogP contribution in [0, 0.1) is 23.7 Å². The molecule has 0 bridgehead atoms. The van der Waals surface area contributed by atoms with Gasteiger partial charge in [0.05, 0.1) is 26.4 Å². The van der Waals surface area contributed by atoms with Crippen LogP contribution in [-0.2, 0) is 65.4 Å². The summed E-state index contributed by atoms with van der Waals surface area (Å²) in [5, 5.41) is 10.7. The van der Waals surface area contributed by atoms with Gasteiger partial charge in [0.2, 0.25) is 0 Å². The third kappa shape index (κ3) is 74.0. The molecule has 0 aliphatic carbocycles. The second-order valence-electron chi connectivity index (χ2n) is 31.4. The van der Waals surface area contributed by atoms with E-state index in [0.717, 1.165) is 120 Å². The molecular weight excluding hydrogens is 1340 g/mol. The summed E-state index contributed by atoms with van der Waals surface area (Å²) in [6.07, 6.45) is 61.0. The predicted molar refractivity (Wildman–Crippen MR) is 423 cm³/mol. The summed E-state index contributed by atoms with van der Waals surface area (Å²) in [4.78, 5) is 73.1. The van der Waals surface area contributed by atoms with Crippen molar-refractivity contribution in [2.45, 2.75) is 453 Å². The number of carbonyl (C=O) groups is 4. The zero-order valence-electron chi connectivity index (χ0n) is 68.0. The van der Waals surface area contributed by atoms with Crippen LogP contribution in [0.2, 0.25) is 0 Å². The molecule has 612 valence electrons. The molecule has 19 heteroatoms. The predicted octanol–water partition coefficient (Wildman–Crippen LogP) is 25.2. The van der Waals surface area contributed by atoms with Crippen LogP contribution in [0.25, 0.3) is 0 Å². The maximum atomic E-state index is 13.1. The molecule has 0 spiro atoms. The van der Waals surface area contributed by atoms with Gasteiger partial charge < -0.3 is 33.8 Å². The second-order valence-corrected chi connectivity index (χ2v) is 34.3. The number of hydrogen-bond acceptors (Lipinski definition) is 15. The maximum absolute atomic E-state index is 13.1. The van der Waals surface area contributed by atoms with Crippen LogP contribution in [0.15, 0.2) is 0 Å². The van der Waals surface area contributed by atoms with E-state index >= 15 is 0 Å². The normalized spacial score (nSPS) is 14.8. The number of carbonyl (C=O) groups excluding carboxylic acids is 4. The number of hydrogen-bond donors (Lipinski definition) is 3. The molecule has 0 aliphatic heterocycles. The van der Waals surface area contributed by atoms with Gasteiger partial charge in [0.1, 0.15) is 19.3 Å². The Hall–Kier alpha value is -1.94. The number of aliphatic hydroxyl groups excluding tert-OH is 1. The second kappa shape index (κ2) is 72.9. The van der Waals surface area contributed by atoms with Crippen molar-refractivity contribution >= 4 is 39.5 Å². The molecule has 8 atom stereocenters. The third-order valence-electron chi connectivity index (χ3n) is 20.7. The van der Waals surface area contributed by atoms with Crippen molar-refractivity contribution < 1.29 is 80.2 Å². The maximum Gasteiger partial charge on any atom is 0.472 e. The zero-order chi connectivity index (χ0) is 76.0. The molecule has 0 amide bonds. The molecular formula is C84H164O17P2. The van der Waals surface area contributed by atoms with Crippen molar-refractivity contribution in [1.29, 1.82) is 0 Å². The molecule has 0 aromatic rings. The third-order valence-corrected chi connectivity index (χ3v) is 22.6. The Balaban J connectivity index is 5.20. The topological polar surface area (TPSA) is 237 Å². The standard InChI is InChI=1S/C84H164O17P2/c1-9-75(6)61-53-45-37-31-25-21-16-14-12-13-15-17-22-26-33-39-48-56-64-81(86)94-70-79(100-84(89)67-59-51-41-35-29-28-32-38-46-54-62-76(7)10-2)72-98-102(90,91)96-68-78(85)69-97-103(92,93)99-73-80(71-95-82(87)65-57-49-43-42-47-55-63-77(8)11-3)101-83(88)66-58-50-40-34-27-23-19-18-20-24-30-36-44-52-60-74(4)5/h74-80,85H,9-73H2,1-8H3,(H,90,91)(H,92,93)/t75?,76?,77?,78-,79-,80-/m1/s1. The van der Waals surface area contributed by atoms with E-state index in [4.69, 9.17) is 37.0 Å². The van der Waals surface area contributed by atoms with Gasteiger partial charge in [-0.2, -0.15) is 0 Å². The van der Waals surface area contributed by atoms with Crippen LogP contribution in [0.4, 0.5) is 0 Å². The molecule has 3 N–H and O–H groups in total. The van der Waals surface area contributed by atoms with E-state index in [9.17, 15) is 43.2 Å². The lowest BCUT2D eigenvalue weighted by Crippen LogP contribution is -2.30. The van der Waals surface area contributed by atoms with Gasteiger partial charge in [-0.15, -0.1) is 0 Å². The van der Waals surface area contributed by atoms with E-state index in [1.165, 1.54) is 231 Å². The molecule has 0 radical (unpaired) electrons. The molecule has 17 nitrogen and oxygen atoms in total. The highest BCUT2D eigenvalue weighted by molar-refractivity contribution is 7.47. The van der Waals surface area contributed by atoms with Gasteiger partial charge in [-0.25, -0.2) is 9.13 Å². The van der Waals surface area contributed by atoms with Crippen LogP contribution in [0.1, 0.15) is 434 Å². The first-order valence-corrected chi connectivity index (χ1v) is 46.3. The number of phosphoric acid groups is 2. The number of esters is 4. The number of ether oxygens (including phenoxy) is 4. The van der Waals surface area contributed by atoms with Gasteiger partial charge in [-0.3, -0.25) is 37.3 Å².